The highest BCUT2D eigenvalue weighted by Gasteiger charge is 2.03. The first-order valence-electron chi connectivity index (χ1n) is 8.40. The molecule has 0 aliphatic heterocycles. The third-order valence-corrected chi connectivity index (χ3v) is 3.97. The van der Waals surface area contributed by atoms with Gasteiger partial charge in [0.2, 0.25) is 0 Å². The molecule has 0 rings (SSSR count). The van der Waals surface area contributed by atoms with Gasteiger partial charge in [0.25, 0.3) is 0 Å². The maximum absolute atomic E-state index is 3.77. The van der Waals surface area contributed by atoms with Crippen LogP contribution < -0.4 is 0 Å². The quantitative estimate of drug-likeness (QED) is 0.279. The zero-order valence-electron chi connectivity index (χ0n) is 14.5. The van der Waals surface area contributed by atoms with Gasteiger partial charge in [-0.3, -0.25) is 0 Å². The summed E-state index contributed by atoms with van der Waals surface area (Å²) in [6.45, 7) is 15.2. The molecular weight excluding hydrogens is 240 g/mol. The van der Waals surface area contributed by atoms with Crippen LogP contribution in [0.2, 0.25) is 0 Å². The lowest BCUT2D eigenvalue weighted by Gasteiger charge is -2.12. The Balaban J connectivity index is 3.71. The lowest BCUT2D eigenvalue weighted by Crippen LogP contribution is -1.97. The third-order valence-electron chi connectivity index (χ3n) is 3.97. The highest BCUT2D eigenvalue weighted by molar-refractivity contribution is 5.15. The van der Waals surface area contributed by atoms with Crippen LogP contribution in [-0.4, -0.2) is 0 Å². The summed E-state index contributed by atoms with van der Waals surface area (Å²) >= 11 is 0. The van der Waals surface area contributed by atoms with Gasteiger partial charge in [-0.25, -0.2) is 0 Å². The molecule has 0 aromatic rings. The first-order valence-corrected chi connectivity index (χ1v) is 8.40. The third kappa shape index (κ3) is 12.3. The van der Waals surface area contributed by atoms with Crippen molar-refractivity contribution in [2.45, 2.75) is 79.6 Å². The van der Waals surface area contributed by atoms with Gasteiger partial charge in [-0.2, -0.15) is 0 Å². The monoisotopic (exact) mass is 276 g/mol. The molecule has 0 N–H and O–H groups in total. The Kier molecular flexibility index (Phi) is 11.5. The van der Waals surface area contributed by atoms with Crippen LogP contribution in [-0.2, 0) is 0 Å². The van der Waals surface area contributed by atoms with Crippen LogP contribution in [0, 0.1) is 11.8 Å². The first-order chi connectivity index (χ1) is 9.45. The number of hydrogen-bond acceptors (Lipinski definition) is 0. The van der Waals surface area contributed by atoms with E-state index in [1.54, 1.807) is 0 Å². The van der Waals surface area contributed by atoms with Gasteiger partial charge in [0.1, 0.15) is 0 Å². The van der Waals surface area contributed by atoms with Crippen LogP contribution in [0.15, 0.2) is 36.0 Å². The normalized spacial score (nSPS) is 14.7. The standard InChI is InChI=1S/C20H36/c1-7-18(4)12-9-14-20(6)16-10-15-19(5)13-8-11-17(2)3/h7,12,14,17,19H,1,8-11,13,15-16H2,2-6H3/b18-12+,20-14+. The van der Waals surface area contributed by atoms with Crippen molar-refractivity contribution in [2.75, 3.05) is 0 Å². The Labute approximate surface area is 128 Å². The van der Waals surface area contributed by atoms with Gasteiger partial charge in [0.15, 0.2) is 0 Å². The van der Waals surface area contributed by atoms with E-state index in [4.69, 9.17) is 0 Å². The van der Waals surface area contributed by atoms with Gasteiger partial charge in [0, 0.05) is 0 Å². The first kappa shape index (κ1) is 19.2. The molecule has 0 aliphatic carbocycles. The molecule has 1 atom stereocenters. The van der Waals surface area contributed by atoms with Crippen LogP contribution in [0.5, 0.6) is 0 Å². The van der Waals surface area contributed by atoms with Crippen molar-refractivity contribution in [3.63, 3.8) is 0 Å². The largest absolute Gasteiger partial charge is 0.0988 e. The SMILES string of the molecule is C=C/C(C)=C/C/C=C(\C)CCCC(C)CCCC(C)C. The smallest absolute Gasteiger partial charge is 0.0161 e. The lowest BCUT2D eigenvalue weighted by atomic mass is 9.94. The summed E-state index contributed by atoms with van der Waals surface area (Å²) in [5.41, 5.74) is 2.81. The molecule has 20 heavy (non-hydrogen) atoms. The van der Waals surface area contributed by atoms with Crippen LogP contribution in [0.3, 0.4) is 0 Å². The summed E-state index contributed by atoms with van der Waals surface area (Å²) in [4.78, 5) is 0. The number of rotatable bonds is 11. The van der Waals surface area contributed by atoms with Crippen molar-refractivity contribution in [3.8, 4) is 0 Å². The average molecular weight is 277 g/mol. The second-order valence-electron chi connectivity index (χ2n) is 6.76. The molecule has 0 radical (unpaired) electrons. The van der Waals surface area contributed by atoms with Gasteiger partial charge >= 0.3 is 0 Å². The van der Waals surface area contributed by atoms with Crippen molar-refractivity contribution >= 4 is 0 Å². The second-order valence-corrected chi connectivity index (χ2v) is 6.76. The minimum Gasteiger partial charge on any atom is -0.0988 e. The van der Waals surface area contributed by atoms with Crippen LogP contribution in [0.4, 0.5) is 0 Å². The summed E-state index contributed by atoms with van der Waals surface area (Å²) < 4.78 is 0. The van der Waals surface area contributed by atoms with Crippen LogP contribution in [0.1, 0.15) is 79.6 Å². The molecule has 0 heteroatoms. The topological polar surface area (TPSA) is 0 Å². The van der Waals surface area contributed by atoms with Crippen molar-refractivity contribution in [1.82, 2.24) is 0 Å². The van der Waals surface area contributed by atoms with E-state index >= 15 is 0 Å². The molecule has 116 valence electrons. The van der Waals surface area contributed by atoms with Crippen molar-refractivity contribution < 1.29 is 0 Å². The van der Waals surface area contributed by atoms with E-state index in [-0.39, 0.29) is 0 Å². The van der Waals surface area contributed by atoms with Crippen molar-refractivity contribution in [1.29, 1.82) is 0 Å². The molecule has 0 aromatic heterocycles. The molecule has 0 nitrogen and oxygen atoms in total. The van der Waals surface area contributed by atoms with E-state index in [9.17, 15) is 0 Å². The fourth-order valence-corrected chi connectivity index (χ4v) is 2.38. The van der Waals surface area contributed by atoms with E-state index in [0.717, 1.165) is 18.3 Å². The summed E-state index contributed by atoms with van der Waals surface area (Å²) in [7, 11) is 0. The minimum atomic E-state index is 0.861. The Morgan fingerprint density at radius 3 is 2.20 bits per heavy atom. The fraction of sp³-hybridized carbons (Fsp3) is 0.700. The molecule has 1 unspecified atom stereocenters. The van der Waals surface area contributed by atoms with Gasteiger partial charge in [-0.15, -0.1) is 0 Å². The van der Waals surface area contributed by atoms with E-state index in [0.29, 0.717) is 0 Å². The lowest BCUT2D eigenvalue weighted by molar-refractivity contribution is 0.427. The average Bonchev–Trinajstić information content (AvgIpc) is 2.38. The summed E-state index contributed by atoms with van der Waals surface area (Å²) in [5, 5.41) is 0. The molecule has 0 amide bonds. The predicted octanol–water partition coefficient (Wildman–Crippen LogP) is 7.09. The molecule has 0 aromatic carbocycles. The van der Waals surface area contributed by atoms with E-state index in [1.165, 1.54) is 49.7 Å². The summed E-state index contributed by atoms with van der Waals surface area (Å²) in [6.07, 6.45) is 15.7. The van der Waals surface area contributed by atoms with Crippen LogP contribution in [0.25, 0.3) is 0 Å². The van der Waals surface area contributed by atoms with Crippen molar-refractivity contribution in [2.24, 2.45) is 11.8 Å². The number of hydrogen-bond donors (Lipinski definition) is 0. The molecule has 0 bridgehead atoms. The Morgan fingerprint density at radius 1 is 0.950 bits per heavy atom. The summed E-state index contributed by atoms with van der Waals surface area (Å²) in [6, 6.07) is 0. The zero-order valence-corrected chi connectivity index (χ0v) is 14.5. The molecule has 0 fully saturated rings. The Morgan fingerprint density at radius 2 is 1.60 bits per heavy atom. The molecule has 0 aliphatic rings. The minimum absolute atomic E-state index is 0.861. The maximum atomic E-state index is 3.77. The van der Waals surface area contributed by atoms with Crippen LogP contribution >= 0.6 is 0 Å². The highest BCUT2D eigenvalue weighted by Crippen LogP contribution is 2.19. The second kappa shape index (κ2) is 12.0. The summed E-state index contributed by atoms with van der Waals surface area (Å²) in [5.74, 6) is 1.75. The predicted molar refractivity (Wildman–Crippen MR) is 94.0 cm³/mol. The van der Waals surface area contributed by atoms with Gasteiger partial charge in [-0.1, -0.05) is 82.4 Å². The number of allylic oxidation sites excluding steroid dienone is 5. The molecule has 0 saturated heterocycles. The van der Waals surface area contributed by atoms with Crippen molar-refractivity contribution in [3.05, 3.63) is 36.0 Å². The fourth-order valence-electron chi connectivity index (χ4n) is 2.38. The molecule has 0 saturated carbocycles. The molecular formula is C20H36. The van der Waals surface area contributed by atoms with E-state index in [2.05, 4.69) is 53.3 Å². The Bertz CT molecular complexity index is 304. The molecule has 0 heterocycles. The van der Waals surface area contributed by atoms with E-state index in [1.807, 2.05) is 6.08 Å². The highest BCUT2D eigenvalue weighted by atomic mass is 14.1. The maximum Gasteiger partial charge on any atom is -0.0161 e. The van der Waals surface area contributed by atoms with Gasteiger partial charge < -0.3 is 0 Å². The van der Waals surface area contributed by atoms with Gasteiger partial charge in [-0.05, 0) is 44.9 Å². The zero-order chi connectivity index (χ0) is 15.4. The van der Waals surface area contributed by atoms with Gasteiger partial charge in [0.05, 0.1) is 0 Å². The molecule has 0 spiro atoms. The Hall–Kier alpha value is -0.780. The van der Waals surface area contributed by atoms with E-state index < -0.39 is 0 Å².